The summed E-state index contributed by atoms with van der Waals surface area (Å²) >= 11 is 19.0. The molecule has 14 nitrogen and oxygen atoms in total. The molecule has 6 heterocycles. The fraction of sp³-hybridized carbons (Fsp3) is 0.314. The average molecular weight is 886 g/mol. The van der Waals surface area contributed by atoms with E-state index in [9.17, 15) is 9.18 Å². The fourth-order valence-electron chi connectivity index (χ4n) is 5.70. The molecule has 2 aromatic carbocycles. The molecule has 296 valence electrons. The van der Waals surface area contributed by atoms with Crippen molar-refractivity contribution in [3.63, 3.8) is 0 Å². The van der Waals surface area contributed by atoms with Gasteiger partial charge in [-0.3, -0.25) is 9.18 Å². The highest BCUT2D eigenvalue weighted by Crippen LogP contribution is 2.29. The van der Waals surface area contributed by atoms with Gasteiger partial charge in [-0.2, -0.15) is 0 Å². The number of fused-ring (bicyclic) bond motifs is 2. The number of aromatic amines is 1. The van der Waals surface area contributed by atoms with Crippen LogP contribution in [-0.4, -0.2) is 127 Å². The highest BCUT2D eigenvalue weighted by molar-refractivity contribution is 8.26. The van der Waals surface area contributed by atoms with Crippen molar-refractivity contribution in [1.82, 2.24) is 49.7 Å². The van der Waals surface area contributed by atoms with E-state index in [4.69, 9.17) is 40.4 Å². The molecule has 8 rings (SSSR count). The Balaban J connectivity index is 0.000000187. The maximum Gasteiger partial charge on any atom is 0.279 e. The molecular formula is C35H36Cl5FN12O2S. The minimum atomic E-state index is -1.67. The number of rotatable bonds is 4. The molecule has 0 saturated carbocycles. The first kappa shape index (κ1) is 41.8. The van der Waals surface area contributed by atoms with E-state index < -0.39 is 16.4 Å². The maximum atomic E-state index is 12.4. The molecule has 2 fully saturated rings. The van der Waals surface area contributed by atoms with Crippen molar-refractivity contribution in [3.05, 3.63) is 86.5 Å². The van der Waals surface area contributed by atoms with Gasteiger partial charge in [0.15, 0.2) is 49.7 Å². The Kier molecular flexibility index (Phi) is 15.3. The second-order valence-corrected chi connectivity index (χ2v) is 15.9. The topological polar surface area (TPSA) is 153 Å². The molecular weight excluding hydrogens is 849 g/mol. The van der Waals surface area contributed by atoms with Gasteiger partial charge in [-0.15, -0.1) is 0 Å². The van der Waals surface area contributed by atoms with Gasteiger partial charge >= 0.3 is 0 Å². The minimum absolute atomic E-state index is 0.155. The summed E-state index contributed by atoms with van der Waals surface area (Å²) in [7, 11) is 10.5. The van der Waals surface area contributed by atoms with E-state index in [0.717, 1.165) is 63.5 Å². The van der Waals surface area contributed by atoms with Crippen molar-refractivity contribution in [3.8, 4) is 22.8 Å². The molecule has 2 aliphatic heterocycles. The molecule has 6 aromatic rings. The van der Waals surface area contributed by atoms with Crippen LogP contribution < -0.4 is 15.4 Å². The Morgan fingerprint density at radius 1 is 0.643 bits per heavy atom. The zero-order valence-corrected chi connectivity index (χ0v) is 34.6. The van der Waals surface area contributed by atoms with Gasteiger partial charge < -0.3 is 24.6 Å². The van der Waals surface area contributed by atoms with Gasteiger partial charge in [-0.05, 0) is 14.1 Å². The lowest BCUT2D eigenvalue weighted by Crippen LogP contribution is -2.45. The largest absolute Gasteiger partial charge is 0.351 e. The van der Waals surface area contributed by atoms with E-state index >= 15 is 0 Å². The molecule has 0 amide bonds. The van der Waals surface area contributed by atoms with Gasteiger partial charge in [0.05, 0.1) is 8.52 Å². The van der Waals surface area contributed by atoms with Crippen LogP contribution in [0.2, 0.25) is 15.5 Å². The van der Waals surface area contributed by atoms with Crippen LogP contribution in [0.4, 0.5) is 16.0 Å². The van der Waals surface area contributed by atoms with Crippen LogP contribution in [0.5, 0.6) is 0 Å². The Bertz CT molecular complexity index is 2340. The van der Waals surface area contributed by atoms with Crippen molar-refractivity contribution in [1.29, 1.82) is 0 Å². The number of aromatic nitrogens is 8. The molecule has 56 heavy (non-hydrogen) atoms. The third kappa shape index (κ3) is 11.2. The van der Waals surface area contributed by atoms with Crippen molar-refractivity contribution in [2.75, 3.05) is 83.4 Å². The van der Waals surface area contributed by atoms with Crippen LogP contribution in [-0.2, 0) is 9.23 Å². The van der Waals surface area contributed by atoms with Crippen LogP contribution in [0.25, 0.3) is 45.1 Å². The minimum Gasteiger partial charge on any atom is -0.351 e. The smallest absolute Gasteiger partial charge is 0.279 e. The molecule has 0 atom stereocenters. The lowest BCUT2D eigenvalue weighted by molar-refractivity contribution is 0.312. The average Bonchev–Trinajstić information content (AvgIpc) is 3.20. The summed E-state index contributed by atoms with van der Waals surface area (Å²) < 4.78 is 24.6. The van der Waals surface area contributed by atoms with Gasteiger partial charge in [0.25, 0.3) is 5.56 Å². The van der Waals surface area contributed by atoms with Gasteiger partial charge in [0, 0.05) is 84.8 Å². The molecule has 0 bridgehead atoms. The van der Waals surface area contributed by atoms with E-state index in [2.05, 4.69) is 94.9 Å². The van der Waals surface area contributed by atoms with Crippen molar-refractivity contribution < 1.29 is 9.97 Å². The quantitative estimate of drug-likeness (QED) is 0.150. The number of piperazine rings is 2. The van der Waals surface area contributed by atoms with E-state index in [1.165, 1.54) is 0 Å². The highest BCUT2D eigenvalue weighted by Gasteiger charge is 2.23. The number of halogens is 6. The third-order valence-corrected chi connectivity index (χ3v) is 9.37. The summed E-state index contributed by atoms with van der Waals surface area (Å²) in [6.07, 6.45) is 0. The lowest BCUT2D eigenvalue weighted by Gasteiger charge is -2.33. The van der Waals surface area contributed by atoms with Gasteiger partial charge in [0.1, 0.15) is 11.3 Å². The summed E-state index contributed by atoms with van der Waals surface area (Å²) in [6.45, 7) is 7.08. The summed E-state index contributed by atoms with van der Waals surface area (Å²) in [4.78, 5) is 55.1. The van der Waals surface area contributed by atoms with Crippen LogP contribution in [0, 0.1) is 0 Å². The van der Waals surface area contributed by atoms with E-state index in [-0.39, 0.29) is 21.4 Å². The molecule has 0 unspecified atom stereocenters. The summed E-state index contributed by atoms with van der Waals surface area (Å²) in [5.41, 5.74) is 2.69. The Morgan fingerprint density at radius 2 is 1.07 bits per heavy atom. The molecule has 2 aliphatic rings. The maximum absolute atomic E-state index is 12.4. The number of benzene rings is 2. The Morgan fingerprint density at radius 3 is 1.55 bits per heavy atom. The summed E-state index contributed by atoms with van der Waals surface area (Å²) in [6, 6.07) is 19.1. The Labute approximate surface area is 349 Å². The standard InChI is InChI=1S/C17H16Cl2N6.C17H17ClN6O.CH3F.Cl2OS/c1-24-7-9-25(10-8-24)17-14(19)20-12-13(18)21-15(22-16(12)23-17)11-5-3-2-4-6-11;1-23-7-9-24(10-8-23)16-13(18)19-12-15(21-16)20-14(22-17(12)25)11-5-3-2-4-6-11;1-2;1-4(2)3/h2-6H,7-10H2,1H3;2-6H,7-10H2,1H3,(H,20,21,22,25);1H3;/i;;1D;. The molecule has 0 aliphatic carbocycles. The predicted octanol–water partition coefficient (Wildman–Crippen LogP) is 6.56. The molecule has 0 radical (unpaired) electrons. The number of hydrogen-bond donors (Lipinski definition) is 1. The number of alkyl halides is 1. The number of hydrogen-bond acceptors (Lipinski definition) is 13. The summed E-state index contributed by atoms with van der Waals surface area (Å²) in [5, 5.41) is 0.815. The Hall–Kier alpha value is -3.87. The molecule has 1 N–H and O–H groups in total. The first-order valence-electron chi connectivity index (χ1n) is 17.5. The first-order chi connectivity index (χ1) is 27.4. The van der Waals surface area contributed by atoms with Crippen molar-refractivity contribution in [2.45, 2.75) is 0 Å². The van der Waals surface area contributed by atoms with E-state index in [1.807, 2.05) is 60.7 Å². The van der Waals surface area contributed by atoms with E-state index in [0.29, 0.717) is 45.2 Å². The zero-order valence-electron chi connectivity index (χ0n) is 31.0. The summed E-state index contributed by atoms with van der Waals surface area (Å²) in [5.74, 6) is 2.23. The highest BCUT2D eigenvalue weighted by atomic mass is 36.0. The van der Waals surface area contributed by atoms with Crippen LogP contribution in [0.1, 0.15) is 1.37 Å². The van der Waals surface area contributed by atoms with Crippen molar-refractivity contribution >= 4 is 99.4 Å². The SMILES string of the molecule is CN1CCN(c2nc3nc(-c4ccccc4)[nH]c(=O)c3nc2Cl)CC1.CN1CCN(c2nc3nc(-c4ccccc4)nc(Cl)c3nc2Cl)CC1.O=S(Cl)Cl.[2H]CF. The van der Waals surface area contributed by atoms with Crippen LogP contribution in [0.15, 0.2) is 65.5 Å². The van der Waals surface area contributed by atoms with Gasteiger partial charge in [0.2, 0.25) is 9.23 Å². The van der Waals surface area contributed by atoms with E-state index in [1.54, 1.807) is 0 Å². The van der Waals surface area contributed by atoms with Crippen LogP contribution >= 0.6 is 56.2 Å². The van der Waals surface area contributed by atoms with Crippen molar-refractivity contribution in [2.24, 2.45) is 0 Å². The number of H-pyrrole nitrogens is 1. The number of anilines is 2. The third-order valence-electron chi connectivity index (χ3n) is 8.60. The first-order valence-corrected chi connectivity index (χ1v) is 20.8. The fourth-order valence-corrected chi connectivity index (χ4v) is 6.40. The second-order valence-electron chi connectivity index (χ2n) is 12.3. The van der Waals surface area contributed by atoms with Gasteiger partial charge in [-0.1, -0.05) is 95.5 Å². The zero-order chi connectivity index (χ0) is 41.1. The normalized spacial score (nSPS) is 15.0. The molecule has 4 aromatic heterocycles. The lowest BCUT2D eigenvalue weighted by atomic mass is 10.2. The molecule has 0 spiro atoms. The van der Waals surface area contributed by atoms with Gasteiger partial charge in [-0.25, -0.2) is 39.1 Å². The molecule has 2 saturated heterocycles. The molecule has 21 heteroatoms. The monoisotopic (exact) mass is 883 g/mol. The number of nitrogens with one attached hydrogen (secondary N) is 1. The number of nitrogens with zero attached hydrogens (tertiary/aromatic N) is 11. The second kappa shape index (κ2) is 20.5. The van der Waals surface area contributed by atoms with Crippen LogP contribution in [0.3, 0.4) is 0 Å². The number of likely N-dealkylation sites (N-methyl/N-ethyl adjacent to an activating group) is 2. The predicted molar refractivity (Wildman–Crippen MR) is 225 cm³/mol.